The summed E-state index contributed by atoms with van der Waals surface area (Å²) in [5.41, 5.74) is 1.78. The number of tetrazole rings is 1. The van der Waals surface area contributed by atoms with E-state index in [0.29, 0.717) is 5.89 Å². The molecule has 2 N–H and O–H groups in total. The van der Waals surface area contributed by atoms with Gasteiger partial charge in [-0.15, -0.1) is 10.2 Å². The molecular formula is C13H9N7O. The van der Waals surface area contributed by atoms with E-state index in [9.17, 15) is 0 Å². The average molecular weight is 279 g/mol. The van der Waals surface area contributed by atoms with Crippen LogP contribution in [0.3, 0.4) is 0 Å². The van der Waals surface area contributed by atoms with Crippen molar-refractivity contribution in [1.29, 1.82) is 5.26 Å². The summed E-state index contributed by atoms with van der Waals surface area (Å²) in [6.07, 6.45) is 4.58. The van der Waals surface area contributed by atoms with E-state index in [0.717, 1.165) is 11.3 Å². The molecule has 0 saturated carbocycles. The van der Waals surface area contributed by atoms with Crippen LogP contribution in [0.5, 0.6) is 0 Å². The zero-order chi connectivity index (χ0) is 14.5. The highest BCUT2D eigenvalue weighted by Gasteiger charge is 2.09. The third-order valence-electron chi connectivity index (χ3n) is 2.67. The second-order valence-electron chi connectivity index (χ2n) is 3.93. The van der Waals surface area contributed by atoms with E-state index in [4.69, 9.17) is 9.68 Å². The van der Waals surface area contributed by atoms with Crippen molar-refractivity contribution in [3.8, 4) is 17.5 Å². The first-order valence-corrected chi connectivity index (χ1v) is 5.98. The number of nitrogens with one attached hydrogen (secondary N) is 2. The van der Waals surface area contributed by atoms with Crippen LogP contribution in [0.1, 0.15) is 5.82 Å². The molecule has 0 amide bonds. The third kappa shape index (κ3) is 2.62. The van der Waals surface area contributed by atoms with E-state index < -0.39 is 0 Å². The zero-order valence-corrected chi connectivity index (χ0v) is 10.7. The molecule has 2 heterocycles. The molecular weight excluding hydrogens is 270 g/mol. The van der Waals surface area contributed by atoms with Crippen molar-refractivity contribution in [1.82, 2.24) is 25.6 Å². The van der Waals surface area contributed by atoms with Gasteiger partial charge in [0.05, 0.1) is 17.4 Å². The highest BCUT2D eigenvalue weighted by molar-refractivity contribution is 5.78. The van der Waals surface area contributed by atoms with Gasteiger partial charge in [0.15, 0.2) is 0 Å². The molecule has 0 spiro atoms. The molecule has 0 unspecified atom stereocenters. The van der Waals surface area contributed by atoms with Crippen molar-refractivity contribution in [3.63, 3.8) is 0 Å². The fourth-order valence-corrected chi connectivity index (χ4v) is 1.72. The molecule has 3 rings (SSSR count). The second kappa shape index (κ2) is 5.66. The predicted octanol–water partition coefficient (Wildman–Crippen LogP) is 1.83. The van der Waals surface area contributed by atoms with Crippen LogP contribution in [0, 0.1) is 11.3 Å². The van der Waals surface area contributed by atoms with Gasteiger partial charge in [-0.2, -0.15) is 10.5 Å². The van der Waals surface area contributed by atoms with Crippen molar-refractivity contribution in [2.45, 2.75) is 0 Å². The Labute approximate surface area is 119 Å². The van der Waals surface area contributed by atoms with E-state index in [1.165, 1.54) is 12.5 Å². The molecule has 0 bridgehead atoms. The Kier molecular flexibility index (Phi) is 3.39. The zero-order valence-electron chi connectivity index (χ0n) is 10.7. The summed E-state index contributed by atoms with van der Waals surface area (Å²) in [7, 11) is 0. The number of aromatic amines is 1. The van der Waals surface area contributed by atoms with Crippen LogP contribution >= 0.6 is 0 Å². The minimum atomic E-state index is 0.221. The fraction of sp³-hybridized carbons (Fsp3) is 0. The maximum absolute atomic E-state index is 9.12. The van der Waals surface area contributed by atoms with Crippen LogP contribution in [0.4, 0.5) is 5.69 Å². The van der Waals surface area contributed by atoms with Crippen LogP contribution in [0.2, 0.25) is 0 Å². The van der Waals surface area contributed by atoms with Gasteiger partial charge in [0.1, 0.15) is 17.9 Å². The number of hydrogen-bond acceptors (Lipinski definition) is 7. The van der Waals surface area contributed by atoms with Gasteiger partial charge in [-0.1, -0.05) is 12.1 Å². The highest BCUT2D eigenvalue weighted by Crippen LogP contribution is 2.26. The standard InChI is InChI=1S/C13H9N7O/c14-7-9(12-17-19-20-18-12)8-16-11-4-2-1-3-10(11)13-15-5-6-21-13/h1-6,8,16H,(H,17,18,19,20). The monoisotopic (exact) mass is 279 g/mol. The summed E-state index contributed by atoms with van der Waals surface area (Å²) in [6.45, 7) is 0. The average Bonchev–Trinajstić information content (AvgIpc) is 3.22. The molecule has 3 aromatic rings. The molecule has 0 aliphatic heterocycles. The maximum atomic E-state index is 9.12. The van der Waals surface area contributed by atoms with Gasteiger partial charge >= 0.3 is 0 Å². The number of allylic oxidation sites excluding steroid dienone is 1. The molecule has 0 atom stereocenters. The van der Waals surface area contributed by atoms with Gasteiger partial charge in [0, 0.05) is 6.20 Å². The number of rotatable bonds is 4. The maximum Gasteiger partial charge on any atom is 0.227 e. The molecule has 0 aliphatic rings. The van der Waals surface area contributed by atoms with Gasteiger partial charge in [0.25, 0.3) is 0 Å². The van der Waals surface area contributed by atoms with Crippen LogP contribution in [0.15, 0.2) is 47.3 Å². The Hall–Kier alpha value is -3.47. The summed E-state index contributed by atoms with van der Waals surface area (Å²) < 4.78 is 5.29. The number of aromatic nitrogens is 5. The first kappa shape index (κ1) is 12.6. The second-order valence-corrected chi connectivity index (χ2v) is 3.93. The Bertz CT molecular complexity index is 784. The van der Waals surface area contributed by atoms with E-state index in [2.05, 4.69) is 30.9 Å². The van der Waals surface area contributed by atoms with Gasteiger partial charge in [-0.05, 0) is 17.3 Å². The molecule has 21 heavy (non-hydrogen) atoms. The van der Waals surface area contributed by atoms with Gasteiger partial charge in [-0.25, -0.2) is 4.98 Å². The lowest BCUT2D eigenvalue weighted by Gasteiger charge is -2.06. The highest BCUT2D eigenvalue weighted by atomic mass is 16.3. The summed E-state index contributed by atoms with van der Waals surface area (Å²) >= 11 is 0. The predicted molar refractivity (Wildman–Crippen MR) is 73.3 cm³/mol. The van der Waals surface area contributed by atoms with E-state index in [1.54, 1.807) is 6.20 Å². The van der Waals surface area contributed by atoms with E-state index in [1.807, 2.05) is 30.3 Å². The number of benzene rings is 1. The molecule has 8 nitrogen and oxygen atoms in total. The molecule has 0 fully saturated rings. The molecule has 2 aromatic heterocycles. The minimum Gasteiger partial charge on any atom is -0.444 e. The lowest BCUT2D eigenvalue weighted by atomic mass is 10.1. The third-order valence-corrected chi connectivity index (χ3v) is 2.67. The Balaban J connectivity index is 1.91. The number of nitrogens with zero attached hydrogens (tertiary/aromatic N) is 5. The van der Waals surface area contributed by atoms with Gasteiger partial charge in [0.2, 0.25) is 11.7 Å². The van der Waals surface area contributed by atoms with Crippen molar-refractivity contribution < 1.29 is 4.42 Å². The van der Waals surface area contributed by atoms with Crippen molar-refractivity contribution >= 4 is 11.3 Å². The molecule has 0 aliphatic carbocycles. The van der Waals surface area contributed by atoms with Crippen molar-refractivity contribution in [2.24, 2.45) is 0 Å². The Morgan fingerprint density at radius 1 is 1.38 bits per heavy atom. The summed E-state index contributed by atoms with van der Waals surface area (Å²) in [6, 6.07) is 9.45. The van der Waals surface area contributed by atoms with Crippen LogP contribution in [-0.4, -0.2) is 25.6 Å². The lowest BCUT2D eigenvalue weighted by Crippen LogP contribution is -1.95. The minimum absolute atomic E-state index is 0.221. The number of para-hydroxylation sites is 1. The largest absolute Gasteiger partial charge is 0.444 e. The van der Waals surface area contributed by atoms with E-state index >= 15 is 0 Å². The smallest absolute Gasteiger partial charge is 0.227 e. The van der Waals surface area contributed by atoms with Crippen LogP contribution in [-0.2, 0) is 0 Å². The fourth-order valence-electron chi connectivity index (χ4n) is 1.72. The first-order valence-electron chi connectivity index (χ1n) is 5.98. The van der Waals surface area contributed by atoms with Crippen LogP contribution < -0.4 is 5.32 Å². The molecule has 0 saturated heterocycles. The molecule has 8 heteroatoms. The topological polar surface area (TPSA) is 116 Å². The molecule has 0 radical (unpaired) electrons. The SMILES string of the molecule is N#CC(=CNc1ccccc1-c1ncco1)c1nn[nH]n1. The number of anilines is 1. The van der Waals surface area contributed by atoms with Crippen molar-refractivity contribution in [2.75, 3.05) is 5.32 Å². The number of nitriles is 1. The summed E-state index contributed by atoms with van der Waals surface area (Å²) in [5, 5.41) is 25.4. The quantitative estimate of drug-likeness (QED) is 0.699. The number of hydrogen-bond donors (Lipinski definition) is 2. The van der Waals surface area contributed by atoms with Crippen molar-refractivity contribution in [3.05, 3.63) is 48.7 Å². The number of H-pyrrole nitrogens is 1. The summed E-state index contributed by atoms with van der Waals surface area (Å²) in [5.74, 6) is 0.711. The normalized spacial score (nSPS) is 11.1. The molecule has 102 valence electrons. The summed E-state index contributed by atoms with van der Waals surface area (Å²) in [4.78, 5) is 4.11. The van der Waals surface area contributed by atoms with Gasteiger partial charge < -0.3 is 9.73 Å². The Morgan fingerprint density at radius 3 is 3.00 bits per heavy atom. The molecule has 1 aromatic carbocycles. The van der Waals surface area contributed by atoms with Gasteiger partial charge in [-0.3, -0.25) is 0 Å². The Morgan fingerprint density at radius 2 is 2.29 bits per heavy atom. The van der Waals surface area contributed by atoms with E-state index in [-0.39, 0.29) is 11.4 Å². The number of oxazole rings is 1. The van der Waals surface area contributed by atoms with Crippen LogP contribution in [0.25, 0.3) is 17.0 Å². The lowest BCUT2D eigenvalue weighted by molar-refractivity contribution is 0.575. The first-order chi connectivity index (χ1) is 10.4.